The molecule has 0 bridgehead atoms. The molecule has 0 aliphatic rings. The Morgan fingerprint density at radius 3 is 2.45 bits per heavy atom. The summed E-state index contributed by atoms with van der Waals surface area (Å²) in [4.78, 5) is 21.3. The fraction of sp³-hybridized carbons (Fsp3) is 0.208. The molecule has 2 aromatic carbocycles. The minimum absolute atomic E-state index is 0.202. The largest absolute Gasteiger partial charge is 0.343 e. The number of benzene rings is 2. The standard InChI is InChI=1S/C24H24N4O/c1-16-12-17(2)19(18(3)13-16)15-28-22-10-5-4-8-20(22)27-23(28)14-26-24(29)21-9-6-7-11-25-21/h4-13H,14-15H2,1-3H3,(H,26,29). The number of amides is 1. The van der Waals surface area contributed by atoms with Crippen molar-refractivity contribution in [2.75, 3.05) is 0 Å². The van der Waals surface area contributed by atoms with Gasteiger partial charge in [-0.1, -0.05) is 35.9 Å². The molecule has 5 heteroatoms. The van der Waals surface area contributed by atoms with Crippen molar-refractivity contribution in [3.05, 3.63) is 94.6 Å². The number of aryl methyl sites for hydroxylation is 3. The van der Waals surface area contributed by atoms with E-state index in [0.717, 1.165) is 16.9 Å². The normalized spacial score (nSPS) is 11.0. The van der Waals surface area contributed by atoms with Crippen molar-refractivity contribution in [3.63, 3.8) is 0 Å². The second kappa shape index (κ2) is 7.87. The van der Waals surface area contributed by atoms with Crippen LogP contribution in [0.1, 0.15) is 38.6 Å². The first-order valence-electron chi connectivity index (χ1n) is 9.73. The van der Waals surface area contributed by atoms with Crippen molar-refractivity contribution in [2.45, 2.75) is 33.9 Å². The lowest BCUT2D eigenvalue weighted by molar-refractivity contribution is 0.0944. The molecule has 0 aliphatic heterocycles. The predicted octanol–water partition coefficient (Wildman–Crippen LogP) is 4.33. The lowest BCUT2D eigenvalue weighted by Crippen LogP contribution is -2.25. The van der Waals surface area contributed by atoms with Crippen molar-refractivity contribution in [2.24, 2.45) is 0 Å². The van der Waals surface area contributed by atoms with Gasteiger partial charge in [-0.15, -0.1) is 0 Å². The first kappa shape index (κ1) is 18.9. The lowest BCUT2D eigenvalue weighted by atomic mass is 9.99. The molecule has 0 spiro atoms. The highest BCUT2D eigenvalue weighted by Gasteiger charge is 2.15. The summed E-state index contributed by atoms with van der Waals surface area (Å²) in [7, 11) is 0. The highest BCUT2D eigenvalue weighted by molar-refractivity contribution is 5.92. The number of imidazole rings is 1. The number of hydrogen-bond acceptors (Lipinski definition) is 3. The maximum atomic E-state index is 12.4. The van der Waals surface area contributed by atoms with Gasteiger partial charge in [-0.25, -0.2) is 4.98 Å². The van der Waals surface area contributed by atoms with E-state index in [1.165, 1.54) is 22.3 Å². The summed E-state index contributed by atoms with van der Waals surface area (Å²) >= 11 is 0. The van der Waals surface area contributed by atoms with Crippen molar-refractivity contribution in [1.82, 2.24) is 19.9 Å². The summed E-state index contributed by atoms with van der Waals surface area (Å²) in [6.45, 7) is 7.48. The number of nitrogens with zero attached hydrogens (tertiary/aromatic N) is 3. The molecule has 0 fully saturated rings. The van der Waals surface area contributed by atoms with Gasteiger partial charge in [0.25, 0.3) is 5.91 Å². The number of nitrogens with one attached hydrogen (secondary N) is 1. The third-order valence-corrected chi connectivity index (χ3v) is 5.19. The van der Waals surface area contributed by atoms with Crippen molar-refractivity contribution >= 4 is 16.9 Å². The van der Waals surface area contributed by atoms with E-state index in [1.54, 1.807) is 24.4 Å². The fourth-order valence-electron chi connectivity index (χ4n) is 3.80. The van der Waals surface area contributed by atoms with Crippen LogP contribution in [0.2, 0.25) is 0 Å². The van der Waals surface area contributed by atoms with E-state index in [1.807, 2.05) is 18.2 Å². The van der Waals surface area contributed by atoms with Gasteiger partial charge >= 0.3 is 0 Å². The molecule has 0 radical (unpaired) electrons. The Bertz CT molecular complexity index is 1160. The summed E-state index contributed by atoms with van der Waals surface area (Å²) in [6, 6.07) is 17.8. The summed E-state index contributed by atoms with van der Waals surface area (Å²) in [5.74, 6) is 0.627. The second-order valence-corrected chi connectivity index (χ2v) is 7.38. The van der Waals surface area contributed by atoms with E-state index < -0.39 is 0 Å². The minimum Gasteiger partial charge on any atom is -0.343 e. The third-order valence-electron chi connectivity index (χ3n) is 5.19. The van der Waals surface area contributed by atoms with Crippen LogP contribution in [0.5, 0.6) is 0 Å². The van der Waals surface area contributed by atoms with Crippen LogP contribution < -0.4 is 5.32 Å². The molecular weight excluding hydrogens is 360 g/mol. The van der Waals surface area contributed by atoms with Crippen LogP contribution in [0, 0.1) is 20.8 Å². The number of fused-ring (bicyclic) bond motifs is 1. The van der Waals surface area contributed by atoms with Crippen LogP contribution in [0.4, 0.5) is 0 Å². The Balaban J connectivity index is 1.67. The number of carbonyl (C=O) groups excluding carboxylic acids is 1. The van der Waals surface area contributed by atoms with Gasteiger partial charge in [0.2, 0.25) is 0 Å². The number of hydrogen-bond donors (Lipinski definition) is 1. The monoisotopic (exact) mass is 384 g/mol. The molecule has 0 aliphatic carbocycles. The van der Waals surface area contributed by atoms with Crippen LogP contribution in [0.15, 0.2) is 60.8 Å². The number of para-hydroxylation sites is 2. The molecule has 4 rings (SSSR count). The highest BCUT2D eigenvalue weighted by Crippen LogP contribution is 2.22. The first-order valence-corrected chi connectivity index (χ1v) is 9.73. The van der Waals surface area contributed by atoms with Gasteiger partial charge in [-0.05, 0) is 61.7 Å². The molecule has 29 heavy (non-hydrogen) atoms. The van der Waals surface area contributed by atoms with Gasteiger partial charge in [0, 0.05) is 12.7 Å². The van der Waals surface area contributed by atoms with Crippen LogP contribution in [0.25, 0.3) is 11.0 Å². The fourth-order valence-corrected chi connectivity index (χ4v) is 3.80. The zero-order chi connectivity index (χ0) is 20.4. The Kier molecular flexibility index (Phi) is 5.12. The first-order chi connectivity index (χ1) is 14.0. The van der Waals surface area contributed by atoms with Crippen molar-refractivity contribution < 1.29 is 4.79 Å². The van der Waals surface area contributed by atoms with Gasteiger partial charge in [-0.2, -0.15) is 0 Å². The zero-order valence-electron chi connectivity index (χ0n) is 16.9. The molecule has 2 aromatic heterocycles. The molecule has 4 aromatic rings. The van der Waals surface area contributed by atoms with E-state index in [9.17, 15) is 4.79 Å². The van der Waals surface area contributed by atoms with Crippen molar-refractivity contribution in [1.29, 1.82) is 0 Å². The summed E-state index contributed by atoms with van der Waals surface area (Å²) in [5.41, 5.74) is 7.48. The highest BCUT2D eigenvalue weighted by atomic mass is 16.1. The Labute approximate surface area is 170 Å². The second-order valence-electron chi connectivity index (χ2n) is 7.38. The molecule has 0 saturated heterocycles. The topological polar surface area (TPSA) is 59.8 Å². The molecular formula is C24H24N4O. The quantitative estimate of drug-likeness (QED) is 0.557. The van der Waals surface area contributed by atoms with E-state index >= 15 is 0 Å². The number of rotatable bonds is 5. The van der Waals surface area contributed by atoms with E-state index in [2.05, 4.69) is 53.8 Å². The maximum Gasteiger partial charge on any atom is 0.270 e. The number of aromatic nitrogens is 3. The average Bonchev–Trinajstić information content (AvgIpc) is 3.07. The van der Waals surface area contributed by atoms with Crippen LogP contribution in [-0.2, 0) is 13.1 Å². The SMILES string of the molecule is Cc1cc(C)c(Cn2c(CNC(=O)c3ccccn3)nc3ccccc32)c(C)c1. The molecule has 0 unspecified atom stereocenters. The molecule has 1 amide bonds. The van der Waals surface area contributed by atoms with Gasteiger partial charge in [0.05, 0.1) is 17.6 Å². The molecule has 146 valence electrons. The third kappa shape index (κ3) is 3.90. The smallest absolute Gasteiger partial charge is 0.270 e. The Morgan fingerprint density at radius 2 is 1.72 bits per heavy atom. The van der Waals surface area contributed by atoms with E-state index in [0.29, 0.717) is 18.8 Å². The van der Waals surface area contributed by atoms with Crippen molar-refractivity contribution in [3.8, 4) is 0 Å². The zero-order valence-corrected chi connectivity index (χ0v) is 16.9. The number of pyridine rings is 1. The van der Waals surface area contributed by atoms with Crippen LogP contribution in [0.3, 0.4) is 0 Å². The lowest BCUT2D eigenvalue weighted by Gasteiger charge is -2.15. The predicted molar refractivity (Wildman–Crippen MR) is 115 cm³/mol. The molecule has 0 saturated carbocycles. The summed E-state index contributed by atoms with van der Waals surface area (Å²) < 4.78 is 2.19. The number of carbonyl (C=O) groups is 1. The minimum atomic E-state index is -0.202. The maximum absolute atomic E-state index is 12.4. The Morgan fingerprint density at radius 1 is 1.00 bits per heavy atom. The molecule has 5 nitrogen and oxygen atoms in total. The van der Waals surface area contributed by atoms with Crippen LogP contribution >= 0.6 is 0 Å². The van der Waals surface area contributed by atoms with E-state index in [4.69, 9.17) is 4.98 Å². The van der Waals surface area contributed by atoms with Crippen LogP contribution in [-0.4, -0.2) is 20.4 Å². The molecule has 0 atom stereocenters. The van der Waals surface area contributed by atoms with Gasteiger partial charge in [0.15, 0.2) is 0 Å². The molecule has 2 heterocycles. The Hall–Kier alpha value is -3.47. The van der Waals surface area contributed by atoms with Gasteiger partial charge in [0.1, 0.15) is 11.5 Å². The van der Waals surface area contributed by atoms with Gasteiger partial charge in [-0.3, -0.25) is 9.78 Å². The molecule has 1 N–H and O–H groups in total. The van der Waals surface area contributed by atoms with Gasteiger partial charge < -0.3 is 9.88 Å². The summed E-state index contributed by atoms with van der Waals surface area (Å²) in [6.07, 6.45) is 1.62. The van der Waals surface area contributed by atoms with E-state index in [-0.39, 0.29) is 5.91 Å². The average molecular weight is 384 g/mol. The summed E-state index contributed by atoms with van der Waals surface area (Å²) in [5, 5.41) is 2.96.